The van der Waals surface area contributed by atoms with Crippen molar-refractivity contribution in [3.05, 3.63) is 70.2 Å². The molecule has 0 aromatic heterocycles. The maximum absolute atomic E-state index is 5.51. The first kappa shape index (κ1) is 11.8. The maximum atomic E-state index is 5.51. The van der Waals surface area contributed by atoms with Crippen LogP contribution in [0, 0.1) is 0 Å². The number of benzene rings is 2. The topological polar surface area (TPSA) is 21.6 Å². The summed E-state index contributed by atoms with van der Waals surface area (Å²) in [5.74, 6) is 0. The largest absolute Gasteiger partial charge is 0.375 e. The van der Waals surface area contributed by atoms with Crippen molar-refractivity contribution in [2.45, 2.75) is 5.44 Å². The highest BCUT2D eigenvalue weighted by Crippen LogP contribution is 2.41. The van der Waals surface area contributed by atoms with E-state index in [1.807, 2.05) is 54.6 Å². The predicted octanol–water partition coefficient (Wildman–Crippen LogP) is 4.57. The standard InChI is InChI=1S/C14H10BrNOS/c15-12-9-5-4-8-11(12)14-17-16-13(18-14)10-6-2-1-3-7-10/h1-9,14H. The second kappa shape index (κ2) is 5.16. The van der Waals surface area contributed by atoms with Crippen LogP contribution in [0.5, 0.6) is 0 Å². The van der Waals surface area contributed by atoms with Crippen molar-refractivity contribution in [2.24, 2.45) is 5.16 Å². The SMILES string of the molecule is Brc1ccccc1C1ON=C(c2ccccc2)S1. The van der Waals surface area contributed by atoms with E-state index in [0.717, 1.165) is 20.6 Å². The monoisotopic (exact) mass is 319 g/mol. The average Bonchev–Trinajstić information content (AvgIpc) is 2.90. The van der Waals surface area contributed by atoms with E-state index in [1.54, 1.807) is 11.8 Å². The Balaban J connectivity index is 1.81. The Bertz CT molecular complexity index is 585. The van der Waals surface area contributed by atoms with Gasteiger partial charge in [-0.2, -0.15) is 0 Å². The molecule has 0 fully saturated rings. The van der Waals surface area contributed by atoms with Crippen LogP contribution < -0.4 is 0 Å². The van der Waals surface area contributed by atoms with E-state index >= 15 is 0 Å². The molecule has 0 amide bonds. The summed E-state index contributed by atoms with van der Waals surface area (Å²) < 4.78 is 1.05. The summed E-state index contributed by atoms with van der Waals surface area (Å²) in [7, 11) is 0. The Labute approximate surface area is 118 Å². The van der Waals surface area contributed by atoms with Gasteiger partial charge in [-0.05, 0) is 6.07 Å². The smallest absolute Gasteiger partial charge is 0.205 e. The average molecular weight is 320 g/mol. The molecule has 18 heavy (non-hydrogen) atoms. The first-order chi connectivity index (χ1) is 8.84. The van der Waals surface area contributed by atoms with Crippen LogP contribution in [0.1, 0.15) is 16.6 Å². The second-order valence-electron chi connectivity index (χ2n) is 3.84. The first-order valence-corrected chi connectivity index (χ1v) is 7.22. The molecular weight excluding hydrogens is 310 g/mol. The van der Waals surface area contributed by atoms with E-state index in [2.05, 4.69) is 21.1 Å². The van der Waals surface area contributed by atoms with Gasteiger partial charge < -0.3 is 4.84 Å². The van der Waals surface area contributed by atoms with Crippen molar-refractivity contribution < 1.29 is 4.84 Å². The maximum Gasteiger partial charge on any atom is 0.205 e. The summed E-state index contributed by atoms with van der Waals surface area (Å²) in [6.07, 6.45) is 0. The Morgan fingerprint density at radius 3 is 2.50 bits per heavy atom. The molecule has 1 atom stereocenters. The molecule has 0 radical (unpaired) electrons. The third-order valence-corrected chi connectivity index (χ3v) is 4.44. The number of nitrogens with zero attached hydrogens (tertiary/aromatic N) is 1. The molecular formula is C14H10BrNOS. The molecule has 0 saturated heterocycles. The van der Waals surface area contributed by atoms with E-state index in [0.29, 0.717) is 0 Å². The van der Waals surface area contributed by atoms with Crippen molar-refractivity contribution in [1.29, 1.82) is 0 Å². The van der Waals surface area contributed by atoms with Crippen LogP contribution in [0.15, 0.2) is 64.2 Å². The molecule has 1 aliphatic heterocycles. The summed E-state index contributed by atoms with van der Waals surface area (Å²) in [5, 5.41) is 5.09. The molecule has 1 heterocycles. The third kappa shape index (κ3) is 2.31. The van der Waals surface area contributed by atoms with E-state index in [1.165, 1.54) is 0 Å². The van der Waals surface area contributed by atoms with Crippen molar-refractivity contribution in [3.8, 4) is 0 Å². The molecule has 0 bridgehead atoms. The zero-order valence-corrected chi connectivity index (χ0v) is 11.8. The molecule has 1 aliphatic rings. The Morgan fingerprint density at radius 1 is 1.00 bits per heavy atom. The molecule has 4 heteroatoms. The number of hydrogen-bond donors (Lipinski definition) is 0. The van der Waals surface area contributed by atoms with Gasteiger partial charge in [-0.3, -0.25) is 0 Å². The normalized spacial score (nSPS) is 18.3. The fraction of sp³-hybridized carbons (Fsp3) is 0.0714. The Kier molecular flexibility index (Phi) is 3.39. The van der Waals surface area contributed by atoms with Gasteiger partial charge in [0, 0.05) is 15.6 Å². The summed E-state index contributed by atoms with van der Waals surface area (Å²) >= 11 is 5.17. The molecule has 0 spiro atoms. The van der Waals surface area contributed by atoms with Crippen LogP contribution in [0.25, 0.3) is 0 Å². The highest BCUT2D eigenvalue weighted by molar-refractivity contribution is 9.10. The highest BCUT2D eigenvalue weighted by Gasteiger charge is 2.25. The molecule has 2 aromatic carbocycles. The van der Waals surface area contributed by atoms with Gasteiger partial charge in [-0.15, -0.1) is 0 Å². The fourth-order valence-electron chi connectivity index (χ4n) is 1.73. The first-order valence-electron chi connectivity index (χ1n) is 5.55. The minimum absolute atomic E-state index is 0.0734. The lowest BCUT2D eigenvalue weighted by molar-refractivity contribution is 0.130. The van der Waals surface area contributed by atoms with E-state index < -0.39 is 0 Å². The quantitative estimate of drug-likeness (QED) is 0.808. The Morgan fingerprint density at radius 2 is 1.72 bits per heavy atom. The number of halogens is 1. The van der Waals surface area contributed by atoms with Crippen LogP contribution >= 0.6 is 27.7 Å². The molecule has 90 valence electrons. The van der Waals surface area contributed by atoms with E-state index in [-0.39, 0.29) is 5.44 Å². The zero-order chi connectivity index (χ0) is 12.4. The van der Waals surface area contributed by atoms with Crippen molar-refractivity contribution in [1.82, 2.24) is 0 Å². The minimum atomic E-state index is -0.0734. The lowest BCUT2D eigenvalue weighted by atomic mass is 10.2. The van der Waals surface area contributed by atoms with Gasteiger partial charge >= 0.3 is 0 Å². The fourth-order valence-corrected chi connectivity index (χ4v) is 3.35. The van der Waals surface area contributed by atoms with Crippen molar-refractivity contribution >= 4 is 32.7 Å². The lowest BCUT2D eigenvalue weighted by Crippen LogP contribution is -1.94. The summed E-state index contributed by atoms with van der Waals surface area (Å²) in [6, 6.07) is 18.1. The number of oxime groups is 1. The van der Waals surface area contributed by atoms with Gasteiger partial charge in [0.1, 0.15) is 5.04 Å². The van der Waals surface area contributed by atoms with Crippen molar-refractivity contribution in [2.75, 3.05) is 0 Å². The summed E-state index contributed by atoms with van der Waals surface area (Å²) in [5.41, 5.74) is 2.13. The van der Waals surface area contributed by atoms with Crippen LogP contribution in [0.4, 0.5) is 0 Å². The summed E-state index contributed by atoms with van der Waals surface area (Å²) in [4.78, 5) is 5.51. The Hall–Kier alpha value is -1.26. The zero-order valence-electron chi connectivity index (χ0n) is 9.42. The van der Waals surface area contributed by atoms with Crippen LogP contribution in [0.3, 0.4) is 0 Å². The van der Waals surface area contributed by atoms with E-state index in [4.69, 9.17) is 4.84 Å². The van der Waals surface area contributed by atoms with Crippen molar-refractivity contribution in [3.63, 3.8) is 0 Å². The molecule has 3 rings (SSSR count). The minimum Gasteiger partial charge on any atom is -0.375 e. The predicted molar refractivity (Wildman–Crippen MR) is 78.5 cm³/mol. The molecule has 1 unspecified atom stereocenters. The number of rotatable bonds is 2. The van der Waals surface area contributed by atoms with Gasteiger partial charge in [0.15, 0.2) is 0 Å². The third-order valence-electron chi connectivity index (χ3n) is 2.63. The van der Waals surface area contributed by atoms with Crippen LogP contribution in [-0.2, 0) is 4.84 Å². The van der Waals surface area contributed by atoms with Gasteiger partial charge in [0.05, 0.1) is 0 Å². The van der Waals surface area contributed by atoms with Gasteiger partial charge in [-0.1, -0.05) is 81.4 Å². The molecule has 2 nitrogen and oxygen atoms in total. The van der Waals surface area contributed by atoms with Gasteiger partial charge in [0.25, 0.3) is 0 Å². The summed E-state index contributed by atoms with van der Waals surface area (Å²) in [6.45, 7) is 0. The second-order valence-corrected chi connectivity index (χ2v) is 5.74. The highest BCUT2D eigenvalue weighted by atomic mass is 79.9. The van der Waals surface area contributed by atoms with Gasteiger partial charge in [-0.25, -0.2) is 0 Å². The molecule has 0 N–H and O–H groups in total. The van der Waals surface area contributed by atoms with Gasteiger partial charge in [0.2, 0.25) is 5.44 Å². The molecule has 0 aliphatic carbocycles. The van der Waals surface area contributed by atoms with E-state index in [9.17, 15) is 0 Å². The van der Waals surface area contributed by atoms with Crippen LogP contribution in [0.2, 0.25) is 0 Å². The number of hydrogen-bond acceptors (Lipinski definition) is 3. The molecule has 0 saturated carbocycles. The molecule has 2 aromatic rings. The van der Waals surface area contributed by atoms with Crippen LogP contribution in [-0.4, -0.2) is 5.04 Å². The number of thioether (sulfide) groups is 1. The lowest BCUT2D eigenvalue weighted by Gasteiger charge is -2.09.